The number of rotatable bonds is 2. The molecule has 0 aromatic heterocycles. The van der Waals surface area contributed by atoms with E-state index in [0.29, 0.717) is 0 Å². The second-order valence-electron chi connectivity index (χ2n) is 3.83. The van der Waals surface area contributed by atoms with Crippen LogP contribution in [0.5, 0.6) is 0 Å². The molecule has 1 aliphatic heterocycles. The summed E-state index contributed by atoms with van der Waals surface area (Å²) in [6.07, 6.45) is 5.77. The molecule has 2 fully saturated rings. The number of hydrogen-bond acceptors (Lipinski definition) is 2. The standard InChI is InChI=1S/C8H16N2/c9-10-4-3-8(6-10)5-7-1-2-7/h7-8H,1-6,9H2. The maximum absolute atomic E-state index is 5.65. The van der Waals surface area contributed by atoms with E-state index in [1.54, 1.807) is 0 Å². The highest BCUT2D eigenvalue weighted by molar-refractivity contribution is 4.80. The third-order valence-electron chi connectivity index (χ3n) is 2.68. The van der Waals surface area contributed by atoms with E-state index < -0.39 is 0 Å². The Balaban J connectivity index is 1.72. The molecule has 1 saturated carbocycles. The van der Waals surface area contributed by atoms with E-state index in [-0.39, 0.29) is 0 Å². The number of hydrazine groups is 1. The first kappa shape index (κ1) is 6.62. The van der Waals surface area contributed by atoms with Crippen LogP contribution < -0.4 is 5.84 Å². The Labute approximate surface area is 62.4 Å². The molecular weight excluding hydrogens is 124 g/mol. The highest BCUT2D eigenvalue weighted by atomic mass is 15.4. The van der Waals surface area contributed by atoms with E-state index in [9.17, 15) is 0 Å². The van der Waals surface area contributed by atoms with Gasteiger partial charge in [0.05, 0.1) is 0 Å². The smallest absolute Gasteiger partial charge is 0.0157 e. The van der Waals surface area contributed by atoms with Gasteiger partial charge in [-0.15, -0.1) is 0 Å². The molecule has 0 bridgehead atoms. The van der Waals surface area contributed by atoms with Crippen molar-refractivity contribution in [1.29, 1.82) is 0 Å². The zero-order valence-electron chi connectivity index (χ0n) is 6.42. The summed E-state index contributed by atoms with van der Waals surface area (Å²) in [6, 6.07) is 0. The average Bonchev–Trinajstić information content (AvgIpc) is 2.59. The number of nitrogens with two attached hydrogens (primary N) is 1. The molecule has 2 aliphatic rings. The van der Waals surface area contributed by atoms with Crippen LogP contribution in [0.25, 0.3) is 0 Å². The van der Waals surface area contributed by atoms with Crippen LogP contribution in [0, 0.1) is 11.8 Å². The molecule has 1 heterocycles. The molecule has 2 heteroatoms. The van der Waals surface area contributed by atoms with Crippen molar-refractivity contribution in [1.82, 2.24) is 5.01 Å². The van der Waals surface area contributed by atoms with Crippen molar-refractivity contribution in [3.05, 3.63) is 0 Å². The maximum Gasteiger partial charge on any atom is 0.0157 e. The minimum absolute atomic E-state index is 0.928. The molecule has 1 atom stereocenters. The molecule has 2 N–H and O–H groups in total. The highest BCUT2D eigenvalue weighted by Gasteiger charge is 2.28. The van der Waals surface area contributed by atoms with E-state index in [0.717, 1.165) is 24.9 Å². The number of nitrogens with zero attached hydrogens (tertiary/aromatic N) is 1. The Bertz CT molecular complexity index is 120. The fraction of sp³-hybridized carbons (Fsp3) is 1.00. The van der Waals surface area contributed by atoms with Gasteiger partial charge < -0.3 is 0 Å². The number of hydrogen-bond donors (Lipinski definition) is 1. The van der Waals surface area contributed by atoms with Gasteiger partial charge in [0.15, 0.2) is 0 Å². The van der Waals surface area contributed by atoms with Crippen LogP contribution in [-0.2, 0) is 0 Å². The third kappa shape index (κ3) is 1.50. The summed E-state index contributed by atoms with van der Waals surface area (Å²) in [6.45, 7) is 2.27. The lowest BCUT2D eigenvalue weighted by Crippen LogP contribution is -2.27. The molecule has 0 aromatic rings. The van der Waals surface area contributed by atoms with Crippen molar-refractivity contribution in [3.63, 3.8) is 0 Å². The van der Waals surface area contributed by atoms with E-state index >= 15 is 0 Å². The minimum Gasteiger partial charge on any atom is -0.269 e. The minimum atomic E-state index is 0.928. The molecule has 1 aliphatic carbocycles. The largest absolute Gasteiger partial charge is 0.269 e. The summed E-state index contributed by atoms with van der Waals surface area (Å²) in [5.74, 6) is 7.66. The molecule has 0 amide bonds. The third-order valence-corrected chi connectivity index (χ3v) is 2.68. The van der Waals surface area contributed by atoms with Gasteiger partial charge in [0.2, 0.25) is 0 Å². The zero-order chi connectivity index (χ0) is 6.97. The molecule has 0 radical (unpaired) electrons. The molecule has 0 spiro atoms. The highest BCUT2D eigenvalue weighted by Crippen LogP contribution is 2.37. The monoisotopic (exact) mass is 140 g/mol. The van der Waals surface area contributed by atoms with Gasteiger partial charge in [0, 0.05) is 13.1 Å². The topological polar surface area (TPSA) is 29.3 Å². The first-order valence-electron chi connectivity index (χ1n) is 4.34. The van der Waals surface area contributed by atoms with Gasteiger partial charge in [-0.25, -0.2) is 5.01 Å². The molecule has 0 aromatic carbocycles. The van der Waals surface area contributed by atoms with Crippen LogP contribution in [0.2, 0.25) is 0 Å². The Hall–Kier alpha value is -0.0800. The molecule has 2 rings (SSSR count). The molecular formula is C8H16N2. The SMILES string of the molecule is NN1CCC(CC2CC2)C1. The molecule has 1 saturated heterocycles. The Kier molecular flexibility index (Phi) is 1.66. The van der Waals surface area contributed by atoms with Gasteiger partial charge in [-0.3, -0.25) is 5.84 Å². The lowest BCUT2D eigenvalue weighted by Gasteiger charge is -2.08. The summed E-state index contributed by atoms with van der Waals surface area (Å²) >= 11 is 0. The molecule has 1 unspecified atom stereocenters. The Morgan fingerprint density at radius 2 is 2.00 bits per heavy atom. The second kappa shape index (κ2) is 2.51. The first-order valence-corrected chi connectivity index (χ1v) is 4.34. The van der Waals surface area contributed by atoms with E-state index in [1.165, 1.54) is 25.7 Å². The van der Waals surface area contributed by atoms with Crippen molar-refractivity contribution < 1.29 is 0 Å². The maximum atomic E-state index is 5.65. The van der Waals surface area contributed by atoms with Gasteiger partial charge in [0.1, 0.15) is 0 Å². The van der Waals surface area contributed by atoms with Crippen molar-refractivity contribution in [2.45, 2.75) is 25.7 Å². The average molecular weight is 140 g/mol. The summed E-state index contributed by atoms with van der Waals surface area (Å²) in [5, 5.41) is 1.97. The summed E-state index contributed by atoms with van der Waals surface area (Å²) < 4.78 is 0. The van der Waals surface area contributed by atoms with Gasteiger partial charge in [-0.1, -0.05) is 12.8 Å². The quantitative estimate of drug-likeness (QED) is 0.579. The molecule has 2 nitrogen and oxygen atoms in total. The second-order valence-corrected chi connectivity index (χ2v) is 3.83. The van der Waals surface area contributed by atoms with Gasteiger partial charge in [-0.2, -0.15) is 0 Å². The van der Waals surface area contributed by atoms with E-state index in [2.05, 4.69) is 0 Å². The lowest BCUT2D eigenvalue weighted by atomic mass is 10.0. The van der Waals surface area contributed by atoms with Crippen LogP contribution >= 0.6 is 0 Å². The van der Waals surface area contributed by atoms with Gasteiger partial charge in [-0.05, 0) is 24.7 Å². The summed E-state index contributed by atoms with van der Waals surface area (Å²) in [4.78, 5) is 0. The lowest BCUT2D eigenvalue weighted by molar-refractivity contribution is 0.330. The fourth-order valence-corrected chi connectivity index (χ4v) is 1.88. The van der Waals surface area contributed by atoms with Crippen molar-refractivity contribution in [3.8, 4) is 0 Å². The summed E-state index contributed by atoms with van der Waals surface area (Å²) in [7, 11) is 0. The molecule has 58 valence electrons. The van der Waals surface area contributed by atoms with E-state index in [4.69, 9.17) is 5.84 Å². The predicted octanol–water partition coefficient (Wildman–Crippen LogP) is 0.982. The van der Waals surface area contributed by atoms with Crippen LogP contribution in [0.3, 0.4) is 0 Å². The Morgan fingerprint density at radius 3 is 2.50 bits per heavy atom. The van der Waals surface area contributed by atoms with Gasteiger partial charge >= 0.3 is 0 Å². The Morgan fingerprint density at radius 1 is 1.20 bits per heavy atom. The van der Waals surface area contributed by atoms with Crippen molar-refractivity contribution >= 4 is 0 Å². The van der Waals surface area contributed by atoms with Crippen molar-refractivity contribution in [2.24, 2.45) is 17.7 Å². The van der Waals surface area contributed by atoms with Crippen LogP contribution in [-0.4, -0.2) is 18.1 Å². The molecule has 10 heavy (non-hydrogen) atoms. The van der Waals surface area contributed by atoms with Gasteiger partial charge in [0.25, 0.3) is 0 Å². The fourth-order valence-electron chi connectivity index (χ4n) is 1.88. The van der Waals surface area contributed by atoms with Crippen LogP contribution in [0.15, 0.2) is 0 Å². The van der Waals surface area contributed by atoms with Crippen molar-refractivity contribution in [2.75, 3.05) is 13.1 Å². The normalized spacial score (nSPS) is 35.1. The van der Waals surface area contributed by atoms with E-state index in [1.807, 2.05) is 5.01 Å². The first-order chi connectivity index (χ1) is 4.84. The van der Waals surface area contributed by atoms with Crippen LogP contribution in [0.1, 0.15) is 25.7 Å². The predicted molar refractivity (Wildman–Crippen MR) is 41.2 cm³/mol. The summed E-state index contributed by atoms with van der Waals surface area (Å²) in [5.41, 5.74) is 0. The van der Waals surface area contributed by atoms with Crippen LogP contribution in [0.4, 0.5) is 0 Å². The zero-order valence-corrected chi connectivity index (χ0v) is 6.42.